The van der Waals surface area contributed by atoms with Crippen molar-refractivity contribution in [2.45, 2.75) is 45.3 Å². The summed E-state index contributed by atoms with van der Waals surface area (Å²) >= 11 is 0. The molecule has 178 valence electrons. The van der Waals surface area contributed by atoms with Gasteiger partial charge in [0.1, 0.15) is 6.04 Å². The maximum Gasteiger partial charge on any atom is 0.251 e. The molecular weight excluding hydrogens is 432 g/mol. The summed E-state index contributed by atoms with van der Waals surface area (Å²) in [6, 6.07) is 13.6. The van der Waals surface area contributed by atoms with Gasteiger partial charge in [0.2, 0.25) is 11.8 Å². The van der Waals surface area contributed by atoms with Crippen LogP contribution in [-0.2, 0) is 31.1 Å². The number of rotatable bonds is 7. The zero-order valence-corrected chi connectivity index (χ0v) is 19.9. The number of methoxy groups -OCH3 is 1. The average Bonchev–Trinajstić information content (AvgIpc) is 3.23. The Morgan fingerprint density at radius 3 is 2.47 bits per heavy atom. The molecule has 0 radical (unpaired) electrons. The molecule has 3 rings (SSSR count). The molecule has 0 aromatic heterocycles. The van der Waals surface area contributed by atoms with E-state index in [-0.39, 0.29) is 30.2 Å². The fourth-order valence-electron chi connectivity index (χ4n) is 3.91. The lowest BCUT2D eigenvalue weighted by atomic mass is 9.84. The van der Waals surface area contributed by atoms with Gasteiger partial charge in [0, 0.05) is 25.8 Å². The molecule has 8 nitrogen and oxygen atoms in total. The van der Waals surface area contributed by atoms with Crippen molar-refractivity contribution in [3.63, 3.8) is 0 Å². The number of carbonyl (C=O) groups excluding carboxylic acids is 3. The summed E-state index contributed by atoms with van der Waals surface area (Å²) in [6.45, 7) is 6.72. The number of nitrogens with one attached hydrogen (secondary N) is 3. The lowest BCUT2D eigenvalue weighted by Crippen LogP contribution is -2.40. The van der Waals surface area contributed by atoms with Gasteiger partial charge < -0.3 is 20.7 Å². The summed E-state index contributed by atoms with van der Waals surface area (Å²) in [5.41, 5.74) is 3.12. The number of anilines is 1. The third kappa shape index (κ3) is 6.00. The molecule has 8 heteroatoms. The fraction of sp³-hybridized carbons (Fsp3) is 0.385. The molecular formula is C26H30N4O4. The van der Waals surface area contributed by atoms with Crippen LogP contribution in [0.2, 0.25) is 0 Å². The molecule has 2 atom stereocenters. The predicted octanol–water partition coefficient (Wildman–Crippen LogP) is 2.93. The molecule has 1 aliphatic heterocycles. The highest BCUT2D eigenvalue weighted by atomic mass is 16.5. The van der Waals surface area contributed by atoms with E-state index in [0.29, 0.717) is 23.4 Å². The smallest absolute Gasteiger partial charge is 0.251 e. The van der Waals surface area contributed by atoms with Gasteiger partial charge in [-0.25, -0.2) is 0 Å². The van der Waals surface area contributed by atoms with Crippen LogP contribution >= 0.6 is 0 Å². The largest absolute Gasteiger partial charge is 0.380 e. The topological polar surface area (TPSA) is 120 Å². The number of nitrogens with zero attached hydrogens (tertiary/aromatic N) is 1. The molecule has 2 unspecified atom stereocenters. The van der Waals surface area contributed by atoms with E-state index in [4.69, 9.17) is 4.74 Å². The number of amides is 3. The Morgan fingerprint density at radius 1 is 1.21 bits per heavy atom. The van der Waals surface area contributed by atoms with Crippen LogP contribution in [0, 0.1) is 17.2 Å². The summed E-state index contributed by atoms with van der Waals surface area (Å²) in [7, 11) is 1.60. The highest BCUT2D eigenvalue weighted by Gasteiger charge is 2.32. The molecule has 0 bridgehead atoms. The molecule has 0 saturated carbocycles. The first-order valence-corrected chi connectivity index (χ1v) is 11.1. The van der Waals surface area contributed by atoms with Crippen LogP contribution in [0.25, 0.3) is 0 Å². The normalized spacial score (nSPS) is 16.3. The maximum absolute atomic E-state index is 13.3. The molecule has 2 aromatic rings. The third-order valence-corrected chi connectivity index (χ3v) is 5.74. The maximum atomic E-state index is 13.3. The Balaban J connectivity index is 1.86. The van der Waals surface area contributed by atoms with E-state index in [0.717, 1.165) is 11.1 Å². The third-order valence-electron chi connectivity index (χ3n) is 5.74. The minimum absolute atomic E-state index is 0.0900. The molecule has 3 N–H and O–H groups in total. The standard InChI is InChI=1S/C26H30N4O4/c1-26(2,3)21-10-9-20(11-18(21)13-27)29-25(33)23(17-7-5-16(6-8-17)15-34-4)30-24(32)19-12-22(31)28-14-19/h5-11,19,23H,12,14-15H2,1-4H3,(H,28,31)(H,29,33)(H,30,32). The second kappa shape index (κ2) is 10.5. The number of hydrogen-bond acceptors (Lipinski definition) is 5. The van der Waals surface area contributed by atoms with Crippen molar-refractivity contribution in [2.24, 2.45) is 5.92 Å². The number of ether oxygens (including phenoxy) is 1. The van der Waals surface area contributed by atoms with E-state index in [1.54, 1.807) is 31.4 Å². The van der Waals surface area contributed by atoms with Gasteiger partial charge in [-0.1, -0.05) is 51.1 Å². The first kappa shape index (κ1) is 24.9. The van der Waals surface area contributed by atoms with Gasteiger partial charge in [-0.2, -0.15) is 5.26 Å². The first-order chi connectivity index (χ1) is 16.1. The Hall–Kier alpha value is -3.70. The van der Waals surface area contributed by atoms with Crippen molar-refractivity contribution in [2.75, 3.05) is 19.0 Å². The second-order valence-corrected chi connectivity index (χ2v) is 9.43. The van der Waals surface area contributed by atoms with Gasteiger partial charge in [0.05, 0.1) is 24.2 Å². The van der Waals surface area contributed by atoms with Crippen LogP contribution in [0.3, 0.4) is 0 Å². The SMILES string of the molecule is COCc1ccc(C(NC(=O)C2CNC(=O)C2)C(=O)Nc2ccc(C(C)(C)C)c(C#N)c2)cc1. The van der Waals surface area contributed by atoms with Crippen LogP contribution in [0.4, 0.5) is 5.69 Å². The minimum atomic E-state index is -0.979. The van der Waals surface area contributed by atoms with Crippen molar-refractivity contribution < 1.29 is 19.1 Å². The zero-order valence-electron chi connectivity index (χ0n) is 19.9. The van der Waals surface area contributed by atoms with Gasteiger partial charge in [-0.05, 0) is 34.2 Å². The summed E-state index contributed by atoms with van der Waals surface area (Å²) in [5, 5.41) is 17.9. The Kier molecular flexibility index (Phi) is 7.69. The van der Waals surface area contributed by atoms with Crippen molar-refractivity contribution in [3.8, 4) is 6.07 Å². The molecule has 1 aliphatic rings. The van der Waals surface area contributed by atoms with E-state index in [1.165, 1.54) is 0 Å². The van der Waals surface area contributed by atoms with E-state index >= 15 is 0 Å². The van der Waals surface area contributed by atoms with Crippen molar-refractivity contribution in [1.29, 1.82) is 5.26 Å². The first-order valence-electron chi connectivity index (χ1n) is 11.1. The van der Waals surface area contributed by atoms with E-state index in [2.05, 4.69) is 22.0 Å². The van der Waals surface area contributed by atoms with Gasteiger partial charge in [0.15, 0.2) is 0 Å². The van der Waals surface area contributed by atoms with Crippen LogP contribution in [0.1, 0.15) is 55.5 Å². The summed E-state index contributed by atoms with van der Waals surface area (Å²) in [6.07, 6.45) is 0.0900. The molecule has 1 fully saturated rings. The lowest BCUT2D eigenvalue weighted by molar-refractivity contribution is -0.129. The second-order valence-electron chi connectivity index (χ2n) is 9.43. The van der Waals surface area contributed by atoms with Crippen molar-refractivity contribution in [1.82, 2.24) is 10.6 Å². The Bertz CT molecular complexity index is 1110. The quantitative estimate of drug-likeness (QED) is 0.584. The van der Waals surface area contributed by atoms with E-state index in [1.807, 2.05) is 39.0 Å². The minimum Gasteiger partial charge on any atom is -0.380 e. The molecule has 34 heavy (non-hydrogen) atoms. The van der Waals surface area contributed by atoms with Gasteiger partial charge in [-0.15, -0.1) is 0 Å². The number of hydrogen-bond donors (Lipinski definition) is 3. The van der Waals surface area contributed by atoms with Gasteiger partial charge >= 0.3 is 0 Å². The van der Waals surface area contributed by atoms with E-state index in [9.17, 15) is 19.6 Å². The highest BCUT2D eigenvalue weighted by Crippen LogP contribution is 2.28. The summed E-state index contributed by atoms with van der Waals surface area (Å²) in [5.74, 6) is -1.54. The van der Waals surface area contributed by atoms with Crippen LogP contribution in [-0.4, -0.2) is 31.4 Å². The molecule has 1 saturated heterocycles. The van der Waals surface area contributed by atoms with Crippen LogP contribution in [0.15, 0.2) is 42.5 Å². The fourth-order valence-corrected chi connectivity index (χ4v) is 3.91. The Morgan fingerprint density at radius 2 is 1.91 bits per heavy atom. The number of carbonyl (C=O) groups is 3. The zero-order chi connectivity index (χ0) is 24.9. The molecule has 0 aliphatic carbocycles. The van der Waals surface area contributed by atoms with Gasteiger partial charge in [0.25, 0.3) is 5.91 Å². The number of nitriles is 1. The monoisotopic (exact) mass is 462 g/mol. The lowest BCUT2D eigenvalue weighted by Gasteiger charge is -2.23. The van der Waals surface area contributed by atoms with Crippen molar-refractivity contribution >= 4 is 23.4 Å². The summed E-state index contributed by atoms with van der Waals surface area (Å²) < 4.78 is 5.14. The molecule has 2 aromatic carbocycles. The summed E-state index contributed by atoms with van der Waals surface area (Å²) in [4.78, 5) is 37.7. The highest BCUT2D eigenvalue weighted by molar-refractivity contribution is 5.99. The van der Waals surface area contributed by atoms with E-state index < -0.39 is 17.9 Å². The molecule has 3 amide bonds. The number of benzene rings is 2. The molecule has 1 heterocycles. The van der Waals surface area contributed by atoms with Crippen molar-refractivity contribution in [3.05, 3.63) is 64.7 Å². The predicted molar refractivity (Wildman–Crippen MR) is 128 cm³/mol. The Labute approximate surface area is 199 Å². The average molecular weight is 463 g/mol. The van der Waals surface area contributed by atoms with Crippen LogP contribution < -0.4 is 16.0 Å². The molecule has 0 spiro atoms. The van der Waals surface area contributed by atoms with Gasteiger partial charge in [-0.3, -0.25) is 14.4 Å². The van der Waals surface area contributed by atoms with Crippen LogP contribution in [0.5, 0.6) is 0 Å².